The van der Waals surface area contributed by atoms with E-state index in [0.717, 1.165) is 5.56 Å². The van der Waals surface area contributed by atoms with Crippen molar-refractivity contribution in [3.05, 3.63) is 65.7 Å². The minimum absolute atomic E-state index is 0.00300. The van der Waals surface area contributed by atoms with Crippen molar-refractivity contribution in [3.63, 3.8) is 0 Å². The molecule has 0 aromatic heterocycles. The molecule has 0 aliphatic carbocycles. The summed E-state index contributed by atoms with van der Waals surface area (Å²) < 4.78 is 23.0. The zero-order chi connectivity index (χ0) is 15.7. The van der Waals surface area contributed by atoms with Crippen LogP contribution in [0.5, 0.6) is 0 Å². The highest BCUT2D eigenvalue weighted by atomic mass is 79.9. The van der Waals surface area contributed by atoms with Crippen LogP contribution in [-0.2, 0) is 9.84 Å². The average Bonchev–Trinajstić information content (AvgIpc) is 2.47. The van der Waals surface area contributed by atoms with E-state index in [0.29, 0.717) is 0 Å². The van der Waals surface area contributed by atoms with Crippen LogP contribution in [0.1, 0.15) is 15.9 Å². The molecule has 3 nitrogen and oxygen atoms in total. The Kier molecular flexibility index (Phi) is 4.39. The van der Waals surface area contributed by atoms with Crippen LogP contribution in [0.4, 0.5) is 0 Å². The van der Waals surface area contributed by atoms with Gasteiger partial charge in [-0.3, -0.25) is 4.79 Å². The Morgan fingerprint density at radius 2 is 1.57 bits per heavy atom. The normalized spacial score (nSPS) is 14.4. The predicted octanol–water partition coefficient (Wildman–Crippen LogP) is 2.87. The number of Topliss-reactive ketones (excluding diaryl/α,β-unsaturated/α-hetero) is 1. The van der Waals surface area contributed by atoms with Crippen LogP contribution >= 0.6 is 15.9 Å². The quantitative estimate of drug-likeness (QED) is 0.477. The lowest BCUT2D eigenvalue weighted by Gasteiger charge is -2.22. The summed E-state index contributed by atoms with van der Waals surface area (Å²) in [6.45, 7) is 1.84. The molecule has 0 bridgehead atoms. The molecule has 0 saturated heterocycles. The third kappa shape index (κ3) is 2.96. The van der Waals surface area contributed by atoms with Crippen LogP contribution in [0.3, 0.4) is 0 Å². The Bertz CT molecular complexity index is 753. The van der Waals surface area contributed by atoms with Crippen molar-refractivity contribution in [1.82, 2.24) is 0 Å². The number of aryl methyl sites for hydroxylation is 1. The first-order chi connectivity index (χ1) is 9.76. The smallest absolute Gasteiger partial charge is 0.192 e. The summed E-state index contributed by atoms with van der Waals surface area (Å²) in [5.74, 6) is -0.705. The molecule has 2 rings (SSSR count). The molecule has 21 heavy (non-hydrogen) atoms. The highest BCUT2D eigenvalue weighted by molar-refractivity contribution is 9.12. The van der Waals surface area contributed by atoms with E-state index < -0.39 is 19.2 Å². The first kappa shape index (κ1) is 16.0. The summed E-state index contributed by atoms with van der Waals surface area (Å²) in [5, 5.41) is 0. The van der Waals surface area contributed by atoms with Crippen LogP contribution in [-0.4, -0.2) is 25.6 Å². The van der Waals surface area contributed by atoms with E-state index in [1.54, 1.807) is 30.3 Å². The number of rotatable bonds is 4. The number of hydrogen-bond acceptors (Lipinski definition) is 3. The van der Waals surface area contributed by atoms with Gasteiger partial charge in [-0.1, -0.05) is 64.0 Å². The van der Waals surface area contributed by atoms with Crippen LogP contribution in [0.15, 0.2) is 59.5 Å². The number of carbonyl (C=O) groups excluding carboxylic acids is 1. The van der Waals surface area contributed by atoms with Gasteiger partial charge in [-0.2, -0.15) is 0 Å². The molecule has 1 unspecified atom stereocenters. The molecule has 2 aromatic carbocycles. The van der Waals surface area contributed by atoms with E-state index >= 15 is 0 Å². The van der Waals surface area contributed by atoms with Gasteiger partial charge in [0.1, 0.15) is 7.85 Å². The number of alkyl halides is 1. The monoisotopic (exact) mass is 362 g/mol. The number of hydrogen-bond donors (Lipinski definition) is 0. The number of halogens is 1. The third-order valence-electron chi connectivity index (χ3n) is 3.07. The maximum atomic E-state index is 12.6. The van der Waals surface area contributed by atoms with Crippen molar-refractivity contribution in [1.29, 1.82) is 0 Å². The van der Waals surface area contributed by atoms with Gasteiger partial charge >= 0.3 is 0 Å². The van der Waals surface area contributed by atoms with Gasteiger partial charge in [-0.05, 0) is 19.1 Å². The average molecular weight is 363 g/mol. The van der Waals surface area contributed by atoms with Crippen LogP contribution in [0, 0.1) is 6.92 Å². The molecule has 0 fully saturated rings. The highest BCUT2D eigenvalue weighted by Gasteiger charge is 2.44. The summed E-state index contributed by atoms with van der Waals surface area (Å²) in [5.41, 5.74) is 1.15. The molecule has 0 aliphatic rings. The maximum Gasteiger partial charge on any atom is 0.192 e. The molecule has 0 spiro atoms. The first-order valence-corrected chi connectivity index (χ1v) is 8.43. The Morgan fingerprint density at radius 1 is 1.05 bits per heavy atom. The molecule has 0 aliphatic heterocycles. The van der Waals surface area contributed by atoms with Gasteiger partial charge in [0.25, 0.3) is 0 Å². The lowest BCUT2D eigenvalue weighted by molar-refractivity contribution is 0.0999. The lowest BCUT2D eigenvalue weighted by atomic mass is 9.95. The van der Waals surface area contributed by atoms with Crippen LogP contribution in [0.25, 0.3) is 0 Å². The number of carbonyl (C=O) groups is 1. The maximum absolute atomic E-state index is 12.6. The number of ketones is 1. The van der Waals surface area contributed by atoms with Gasteiger partial charge in [0.05, 0.1) is 4.90 Å². The van der Waals surface area contributed by atoms with Crippen molar-refractivity contribution < 1.29 is 13.2 Å². The van der Waals surface area contributed by atoms with Gasteiger partial charge in [-0.25, -0.2) is 8.42 Å². The standard InChI is InChI=1S/C15H12BBrO3S/c1-11-7-9-13(10-8-11)21(19,20)15(16,17)14(18)12-5-3-2-4-6-12/h2-10H,1H3. The van der Waals surface area contributed by atoms with E-state index in [2.05, 4.69) is 15.9 Å². The molecule has 6 heteroatoms. The Labute approximate surface area is 133 Å². The SMILES string of the molecule is [B]C(Br)(C(=O)c1ccccc1)S(=O)(=O)c1ccc(C)cc1. The minimum Gasteiger partial charge on any atom is -0.292 e. The molecule has 106 valence electrons. The molecule has 0 N–H and O–H groups in total. The Morgan fingerprint density at radius 3 is 2.10 bits per heavy atom. The van der Waals surface area contributed by atoms with Crippen molar-refractivity contribution in [2.75, 3.05) is 0 Å². The van der Waals surface area contributed by atoms with E-state index in [9.17, 15) is 13.2 Å². The molecule has 0 saturated carbocycles. The molecular formula is C15H12BBrO3S. The van der Waals surface area contributed by atoms with E-state index in [1.165, 1.54) is 24.3 Å². The van der Waals surface area contributed by atoms with E-state index in [4.69, 9.17) is 7.85 Å². The number of benzene rings is 2. The largest absolute Gasteiger partial charge is 0.292 e. The zero-order valence-corrected chi connectivity index (χ0v) is 13.7. The Balaban J connectivity index is 2.47. The van der Waals surface area contributed by atoms with Crippen molar-refractivity contribution in [2.45, 2.75) is 15.4 Å². The molecule has 0 heterocycles. The molecule has 2 radical (unpaired) electrons. The van der Waals surface area contributed by atoms with E-state index in [-0.39, 0.29) is 10.5 Å². The van der Waals surface area contributed by atoms with Crippen molar-refractivity contribution in [3.8, 4) is 0 Å². The van der Waals surface area contributed by atoms with Gasteiger partial charge in [0.2, 0.25) is 0 Å². The van der Waals surface area contributed by atoms with Gasteiger partial charge < -0.3 is 0 Å². The number of sulfone groups is 1. The van der Waals surface area contributed by atoms with Gasteiger partial charge in [0.15, 0.2) is 19.2 Å². The first-order valence-electron chi connectivity index (χ1n) is 6.16. The fourth-order valence-electron chi connectivity index (χ4n) is 1.80. The summed E-state index contributed by atoms with van der Waals surface area (Å²) in [6.07, 6.45) is 0. The van der Waals surface area contributed by atoms with Crippen molar-refractivity contribution >= 4 is 39.4 Å². The summed E-state index contributed by atoms with van der Waals surface area (Å²) in [4.78, 5) is 12.4. The second kappa shape index (κ2) is 5.77. The topological polar surface area (TPSA) is 51.2 Å². The van der Waals surface area contributed by atoms with Crippen molar-refractivity contribution in [2.24, 2.45) is 0 Å². The molecule has 1 atom stereocenters. The van der Waals surface area contributed by atoms with Crippen LogP contribution < -0.4 is 0 Å². The predicted molar refractivity (Wildman–Crippen MR) is 86.5 cm³/mol. The minimum atomic E-state index is -4.06. The highest BCUT2D eigenvalue weighted by Crippen LogP contribution is 2.32. The molecule has 2 aromatic rings. The molecule has 0 amide bonds. The second-order valence-electron chi connectivity index (χ2n) is 4.66. The molecular weight excluding hydrogens is 351 g/mol. The summed E-state index contributed by atoms with van der Waals surface area (Å²) in [6, 6.07) is 14.3. The van der Waals surface area contributed by atoms with E-state index in [1.807, 2.05) is 6.92 Å². The summed E-state index contributed by atoms with van der Waals surface area (Å²) >= 11 is 2.90. The van der Waals surface area contributed by atoms with Crippen LogP contribution in [0.2, 0.25) is 0 Å². The Hall–Kier alpha value is -1.40. The fourth-order valence-corrected chi connectivity index (χ4v) is 3.79. The van der Waals surface area contributed by atoms with Gasteiger partial charge in [-0.15, -0.1) is 0 Å². The van der Waals surface area contributed by atoms with Gasteiger partial charge in [0, 0.05) is 5.56 Å². The zero-order valence-electron chi connectivity index (χ0n) is 11.3. The third-order valence-corrected chi connectivity index (χ3v) is 6.57. The fraction of sp³-hybridized carbons (Fsp3) is 0.133. The summed E-state index contributed by atoms with van der Waals surface area (Å²) in [7, 11) is 1.76. The second-order valence-corrected chi connectivity index (χ2v) is 8.55. The lowest BCUT2D eigenvalue weighted by Crippen LogP contribution is -2.41.